The van der Waals surface area contributed by atoms with Gasteiger partial charge in [-0.1, -0.05) is 266 Å². The van der Waals surface area contributed by atoms with Gasteiger partial charge >= 0.3 is 17.9 Å². The highest BCUT2D eigenvalue weighted by atomic mass is 16.6. The number of ether oxygens (including phenoxy) is 3. The van der Waals surface area contributed by atoms with Crippen LogP contribution in [0.3, 0.4) is 0 Å². The minimum atomic E-state index is -0.762. The maximum absolute atomic E-state index is 12.8. The number of carbonyl (C=O) groups excluding carboxylic acids is 3. The Bertz CT molecular complexity index is 931. The topological polar surface area (TPSA) is 78.9 Å². The lowest BCUT2D eigenvalue weighted by Crippen LogP contribution is -2.30. The largest absolute Gasteiger partial charge is 0.462 e. The standard InChI is InChI=1S/C55H106O6/c1-6-7-8-9-10-11-12-13-14-15-19-25-30-35-40-45-53(56)59-48-52(49-60-54(57)46-41-36-31-26-22-21-24-29-34-39-44-51(4)5)61-55(58)47-42-37-32-27-20-17-16-18-23-28-33-38-43-50(2)3/h50-52H,6-49H2,1-5H3/t52-/m0/s1. The molecule has 6 nitrogen and oxygen atoms in total. The second kappa shape index (κ2) is 47.9. The van der Waals surface area contributed by atoms with Gasteiger partial charge in [0.15, 0.2) is 6.10 Å². The molecular weight excluding hydrogens is 757 g/mol. The van der Waals surface area contributed by atoms with Crippen molar-refractivity contribution in [2.45, 2.75) is 310 Å². The molecule has 0 heterocycles. The second-order valence-corrected chi connectivity index (χ2v) is 19.8. The van der Waals surface area contributed by atoms with Crippen LogP contribution in [-0.2, 0) is 28.6 Å². The molecule has 0 amide bonds. The van der Waals surface area contributed by atoms with Crippen molar-refractivity contribution >= 4 is 17.9 Å². The third kappa shape index (κ3) is 49.3. The molecule has 0 aromatic carbocycles. The number of rotatable bonds is 49. The van der Waals surface area contributed by atoms with Crippen LogP contribution in [-0.4, -0.2) is 37.2 Å². The molecule has 61 heavy (non-hydrogen) atoms. The van der Waals surface area contributed by atoms with Gasteiger partial charge in [0.25, 0.3) is 0 Å². The highest BCUT2D eigenvalue weighted by molar-refractivity contribution is 5.71. The van der Waals surface area contributed by atoms with Crippen molar-refractivity contribution in [2.75, 3.05) is 13.2 Å². The summed E-state index contributed by atoms with van der Waals surface area (Å²) in [5, 5.41) is 0. The van der Waals surface area contributed by atoms with E-state index in [4.69, 9.17) is 14.2 Å². The van der Waals surface area contributed by atoms with E-state index in [2.05, 4.69) is 34.6 Å². The monoisotopic (exact) mass is 863 g/mol. The van der Waals surface area contributed by atoms with Crippen molar-refractivity contribution in [3.63, 3.8) is 0 Å². The normalized spacial score (nSPS) is 12.0. The van der Waals surface area contributed by atoms with Crippen LogP contribution in [0.15, 0.2) is 0 Å². The molecule has 0 saturated heterocycles. The SMILES string of the molecule is CCCCCCCCCCCCCCCCCC(=O)OC[C@@H](COC(=O)CCCCCCCCCCCCC(C)C)OC(=O)CCCCCCCCCCCCCCC(C)C. The lowest BCUT2D eigenvalue weighted by molar-refractivity contribution is -0.167. The Hall–Kier alpha value is -1.59. The van der Waals surface area contributed by atoms with Crippen LogP contribution >= 0.6 is 0 Å². The second-order valence-electron chi connectivity index (χ2n) is 19.8. The van der Waals surface area contributed by atoms with Crippen molar-refractivity contribution < 1.29 is 28.6 Å². The number of hydrogen-bond acceptors (Lipinski definition) is 6. The number of hydrogen-bond donors (Lipinski definition) is 0. The molecule has 0 rings (SSSR count). The van der Waals surface area contributed by atoms with Crippen LogP contribution < -0.4 is 0 Å². The van der Waals surface area contributed by atoms with Gasteiger partial charge in [-0.25, -0.2) is 0 Å². The number of unbranched alkanes of at least 4 members (excludes halogenated alkanes) is 34. The van der Waals surface area contributed by atoms with E-state index >= 15 is 0 Å². The van der Waals surface area contributed by atoms with Crippen LogP contribution in [0.25, 0.3) is 0 Å². The molecule has 0 aliphatic rings. The van der Waals surface area contributed by atoms with Gasteiger partial charge in [0.05, 0.1) is 0 Å². The zero-order chi connectivity index (χ0) is 44.7. The summed E-state index contributed by atoms with van der Waals surface area (Å²) in [5.74, 6) is 0.806. The average Bonchev–Trinajstić information content (AvgIpc) is 3.23. The smallest absolute Gasteiger partial charge is 0.306 e. The predicted molar refractivity (Wildman–Crippen MR) is 261 cm³/mol. The molecule has 362 valence electrons. The Labute approximate surface area is 380 Å². The van der Waals surface area contributed by atoms with Gasteiger partial charge < -0.3 is 14.2 Å². The molecule has 0 bridgehead atoms. The van der Waals surface area contributed by atoms with Gasteiger partial charge in [0, 0.05) is 19.3 Å². The molecule has 0 unspecified atom stereocenters. The third-order valence-electron chi connectivity index (χ3n) is 12.5. The summed E-state index contributed by atoms with van der Waals surface area (Å²) < 4.78 is 16.8. The minimum Gasteiger partial charge on any atom is -0.462 e. The van der Waals surface area contributed by atoms with Gasteiger partial charge in [-0.15, -0.1) is 0 Å². The molecule has 0 saturated carbocycles. The maximum atomic E-state index is 12.8. The first kappa shape index (κ1) is 59.4. The van der Waals surface area contributed by atoms with Crippen molar-refractivity contribution in [3.8, 4) is 0 Å². The van der Waals surface area contributed by atoms with E-state index in [0.717, 1.165) is 69.6 Å². The van der Waals surface area contributed by atoms with Crippen molar-refractivity contribution in [1.29, 1.82) is 0 Å². The maximum Gasteiger partial charge on any atom is 0.306 e. The molecule has 1 atom stereocenters. The van der Waals surface area contributed by atoms with Gasteiger partial charge in [-0.05, 0) is 31.1 Å². The zero-order valence-corrected chi connectivity index (χ0v) is 41.8. The molecule has 0 N–H and O–H groups in total. The van der Waals surface area contributed by atoms with E-state index in [-0.39, 0.29) is 31.1 Å². The summed E-state index contributed by atoms with van der Waals surface area (Å²) in [4.78, 5) is 38.0. The van der Waals surface area contributed by atoms with Crippen LogP contribution in [0, 0.1) is 11.8 Å². The van der Waals surface area contributed by atoms with Crippen molar-refractivity contribution in [2.24, 2.45) is 11.8 Å². The molecule has 0 aromatic heterocycles. The Kier molecular flexibility index (Phi) is 46.6. The fraction of sp³-hybridized carbons (Fsp3) is 0.945. The van der Waals surface area contributed by atoms with Crippen molar-refractivity contribution in [1.82, 2.24) is 0 Å². The fourth-order valence-electron chi connectivity index (χ4n) is 8.34. The van der Waals surface area contributed by atoms with Gasteiger partial charge in [-0.3, -0.25) is 14.4 Å². The Morgan fingerprint density at radius 3 is 0.803 bits per heavy atom. The zero-order valence-electron chi connectivity index (χ0n) is 41.8. The summed E-state index contributed by atoms with van der Waals surface area (Å²) in [6.45, 7) is 11.4. The molecule has 0 spiro atoms. The van der Waals surface area contributed by atoms with Gasteiger partial charge in [-0.2, -0.15) is 0 Å². The van der Waals surface area contributed by atoms with Crippen LogP contribution in [0.4, 0.5) is 0 Å². The molecule has 0 aromatic rings. The molecule has 0 aliphatic carbocycles. The molecule has 0 fully saturated rings. The molecule has 6 heteroatoms. The fourth-order valence-corrected chi connectivity index (χ4v) is 8.34. The quantitative estimate of drug-likeness (QED) is 0.0344. The Balaban J connectivity index is 4.31. The minimum absolute atomic E-state index is 0.0632. The first-order valence-corrected chi connectivity index (χ1v) is 27.2. The Morgan fingerprint density at radius 2 is 0.541 bits per heavy atom. The third-order valence-corrected chi connectivity index (χ3v) is 12.5. The highest BCUT2D eigenvalue weighted by Gasteiger charge is 2.19. The van der Waals surface area contributed by atoms with Crippen LogP contribution in [0.2, 0.25) is 0 Å². The van der Waals surface area contributed by atoms with E-state index in [1.807, 2.05) is 0 Å². The van der Waals surface area contributed by atoms with E-state index in [0.29, 0.717) is 19.3 Å². The average molecular weight is 863 g/mol. The van der Waals surface area contributed by atoms with Crippen LogP contribution in [0.5, 0.6) is 0 Å². The predicted octanol–water partition coefficient (Wildman–Crippen LogP) is 17.7. The number of carbonyl (C=O) groups is 3. The van der Waals surface area contributed by atoms with E-state index in [1.54, 1.807) is 0 Å². The molecular formula is C55H106O6. The molecule has 0 aliphatic heterocycles. The summed E-state index contributed by atoms with van der Waals surface area (Å²) in [6.07, 6.45) is 49.4. The van der Waals surface area contributed by atoms with E-state index in [9.17, 15) is 14.4 Å². The van der Waals surface area contributed by atoms with Gasteiger partial charge in [0.1, 0.15) is 13.2 Å². The summed E-state index contributed by atoms with van der Waals surface area (Å²) >= 11 is 0. The number of esters is 3. The first-order chi connectivity index (χ1) is 29.7. The lowest BCUT2D eigenvalue weighted by Gasteiger charge is -2.18. The van der Waals surface area contributed by atoms with E-state index < -0.39 is 6.10 Å². The Morgan fingerprint density at radius 1 is 0.311 bits per heavy atom. The highest BCUT2D eigenvalue weighted by Crippen LogP contribution is 2.18. The first-order valence-electron chi connectivity index (χ1n) is 27.2. The van der Waals surface area contributed by atoms with Gasteiger partial charge in [0.2, 0.25) is 0 Å². The summed E-state index contributed by atoms with van der Waals surface area (Å²) in [7, 11) is 0. The lowest BCUT2D eigenvalue weighted by atomic mass is 10.0. The van der Waals surface area contributed by atoms with Crippen molar-refractivity contribution in [3.05, 3.63) is 0 Å². The summed E-state index contributed by atoms with van der Waals surface area (Å²) in [6, 6.07) is 0. The van der Waals surface area contributed by atoms with E-state index in [1.165, 1.54) is 193 Å². The molecule has 0 radical (unpaired) electrons. The summed E-state index contributed by atoms with van der Waals surface area (Å²) in [5.41, 5.74) is 0. The van der Waals surface area contributed by atoms with Crippen LogP contribution in [0.1, 0.15) is 304 Å².